The van der Waals surface area contributed by atoms with Crippen LogP contribution in [0.15, 0.2) is 0 Å². The first kappa shape index (κ1) is 45.3. The maximum Gasteiger partial charge on any atom is 0.305 e. The SMILES string of the molecule is CCCCCCCCCCCCCC(=O)OCCCN(CCCOC(=O)CCCCCCCCCCCCC)C(=O)CN(C)CCO. The normalized spacial score (nSPS) is 11.3. The van der Waals surface area contributed by atoms with Crippen LogP contribution in [0.4, 0.5) is 0 Å². The van der Waals surface area contributed by atoms with Crippen LogP contribution in [0, 0.1) is 0 Å². The summed E-state index contributed by atoms with van der Waals surface area (Å²) in [6, 6.07) is 0. The molecular weight excluding hydrogens is 592 g/mol. The van der Waals surface area contributed by atoms with E-state index in [9.17, 15) is 19.5 Å². The van der Waals surface area contributed by atoms with Gasteiger partial charge in [-0.3, -0.25) is 19.3 Å². The molecule has 0 aliphatic rings. The summed E-state index contributed by atoms with van der Waals surface area (Å²) in [4.78, 5) is 40.8. The fourth-order valence-corrected chi connectivity index (χ4v) is 5.84. The molecule has 0 bridgehead atoms. The number of rotatable bonds is 36. The van der Waals surface area contributed by atoms with Crippen LogP contribution in [0.1, 0.15) is 181 Å². The van der Waals surface area contributed by atoms with Gasteiger partial charge in [-0.2, -0.15) is 0 Å². The lowest BCUT2D eigenvalue weighted by Gasteiger charge is -2.25. The third-order valence-corrected chi connectivity index (χ3v) is 8.88. The van der Waals surface area contributed by atoms with Crippen molar-refractivity contribution in [2.75, 3.05) is 53.0 Å². The first-order valence-electron chi connectivity index (χ1n) is 19.8. The van der Waals surface area contributed by atoms with Crippen molar-refractivity contribution in [3.05, 3.63) is 0 Å². The average Bonchev–Trinajstić information content (AvgIpc) is 3.05. The van der Waals surface area contributed by atoms with Gasteiger partial charge in [0.15, 0.2) is 0 Å². The highest BCUT2D eigenvalue weighted by Crippen LogP contribution is 2.13. The fraction of sp³-hybridized carbons (Fsp3) is 0.923. The second kappa shape index (κ2) is 35.6. The molecule has 0 heterocycles. The summed E-state index contributed by atoms with van der Waals surface area (Å²) < 4.78 is 10.9. The molecule has 1 N–H and O–H groups in total. The molecule has 0 radical (unpaired) electrons. The maximum absolute atomic E-state index is 12.9. The highest BCUT2D eigenvalue weighted by molar-refractivity contribution is 5.78. The van der Waals surface area contributed by atoms with Crippen molar-refractivity contribution >= 4 is 17.8 Å². The smallest absolute Gasteiger partial charge is 0.305 e. The third kappa shape index (κ3) is 32.6. The molecule has 0 aromatic carbocycles. The number of hydrogen-bond acceptors (Lipinski definition) is 7. The molecule has 1 amide bonds. The minimum absolute atomic E-state index is 0.00602. The molecule has 0 aromatic rings. The monoisotopic (exact) mass is 669 g/mol. The number of carbonyl (C=O) groups excluding carboxylic acids is 3. The molecule has 0 atom stereocenters. The number of aliphatic hydroxyl groups excluding tert-OH is 1. The number of carbonyl (C=O) groups is 3. The largest absolute Gasteiger partial charge is 0.466 e. The van der Waals surface area contributed by atoms with Crippen molar-refractivity contribution in [3.8, 4) is 0 Å². The van der Waals surface area contributed by atoms with E-state index in [4.69, 9.17) is 9.47 Å². The van der Waals surface area contributed by atoms with Crippen LogP contribution < -0.4 is 0 Å². The molecule has 0 aromatic heterocycles. The van der Waals surface area contributed by atoms with E-state index in [1.807, 2.05) is 0 Å². The van der Waals surface area contributed by atoms with Gasteiger partial charge in [0.1, 0.15) is 0 Å². The number of unbranched alkanes of at least 4 members (excludes halogenated alkanes) is 20. The van der Waals surface area contributed by atoms with Crippen LogP contribution in [-0.2, 0) is 23.9 Å². The van der Waals surface area contributed by atoms with E-state index in [0.29, 0.717) is 58.5 Å². The molecule has 0 unspecified atom stereocenters. The van der Waals surface area contributed by atoms with Crippen molar-refractivity contribution in [1.29, 1.82) is 0 Å². The molecule has 47 heavy (non-hydrogen) atoms. The molecule has 0 aliphatic carbocycles. The number of esters is 2. The summed E-state index contributed by atoms with van der Waals surface area (Å²) in [7, 11) is 1.80. The Labute approximate surface area is 290 Å². The lowest BCUT2D eigenvalue weighted by atomic mass is 10.1. The number of ether oxygens (including phenoxy) is 2. The Hall–Kier alpha value is -1.67. The molecular formula is C39H76N2O6. The fourth-order valence-electron chi connectivity index (χ4n) is 5.84. The lowest BCUT2D eigenvalue weighted by molar-refractivity contribution is -0.144. The first-order valence-corrected chi connectivity index (χ1v) is 19.8. The summed E-state index contributed by atoms with van der Waals surface area (Å²) in [6.45, 7) is 6.66. The van der Waals surface area contributed by atoms with Crippen molar-refractivity contribution in [1.82, 2.24) is 9.80 Å². The highest BCUT2D eigenvalue weighted by Gasteiger charge is 2.16. The molecule has 0 saturated heterocycles. The van der Waals surface area contributed by atoms with Gasteiger partial charge in [0.25, 0.3) is 0 Å². The van der Waals surface area contributed by atoms with E-state index in [1.165, 1.54) is 116 Å². The molecule has 8 heteroatoms. The van der Waals surface area contributed by atoms with E-state index in [1.54, 1.807) is 16.8 Å². The Morgan fingerprint density at radius 2 is 0.830 bits per heavy atom. The molecule has 0 rings (SSSR count). The van der Waals surface area contributed by atoms with Crippen molar-refractivity contribution in [2.24, 2.45) is 0 Å². The molecule has 0 spiro atoms. The third-order valence-electron chi connectivity index (χ3n) is 8.88. The van der Waals surface area contributed by atoms with Crippen molar-refractivity contribution in [2.45, 2.75) is 181 Å². The van der Waals surface area contributed by atoms with Crippen LogP contribution in [0.25, 0.3) is 0 Å². The predicted molar refractivity (Wildman–Crippen MR) is 194 cm³/mol. The van der Waals surface area contributed by atoms with E-state index >= 15 is 0 Å². The minimum atomic E-state index is -0.161. The van der Waals surface area contributed by atoms with Crippen molar-refractivity contribution < 1.29 is 29.0 Å². The van der Waals surface area contributed by atoms with Crippen LogP contribution in [-0.4, -0.2) is 85.8 Å². The van der Waals surface area contributed by atoms with Crippen LogP contribution >= 0.6 is 0 Å². The minimum Gasteiger partial charge on any atom is -0.466 e. The second-order valence-electron chi connectivity index (χ2n) is 13.6. The summed E-state index contributed by atoms with van der Waals surface area (Å²) in [6.07, 6.45) is 29.5. The van der Waals surface area contributed by atoms with Gasteiger partial charge in [0, 0.05) is 32.5 Å². The van der Waals surface area contributed by atoms with Crippen LogP contribution in [0.5, 0.6) is 0 Å². The van der Waals surface area contributed by atoms with Crippen LogP contribution in [0.2, 0.25) is 0 Å². The van der Waals surface area contributed by atoms with E-state index in [0.717, 1.165) is 25.7 Å². The summed E-state index contributed by atoms with van der Waals surface area (Å²) in [5, 5.41) is 9.19. The van der Waals surface area contributed by atoms with Crippen molar-refractivity contribution in [3.63, 3.8) is 0 Å². The zero-order valence-corrected chi connectivity index (χ0v) is 31.2. The van der Waals surface area contributed by atoms with Gasteiger partial charge in [0.2, 0.25) is 5.91 Å². The molecule has 0 fully saturated rings. The zero-order chi connectivity index (χ0) is 34.6. The van der Waals surface area contributed by atoms with Gasteiger partial charge >= 0.3 is 11.9 Å². The average molecular weight is 669 g/mol. The summed E-state index contributed by atoms with van der Waals surface area (Å²) in [5.74, 6) is -0.363. The Balaban J connectivity index is 4.08. The number of aliphatic hydroxyl groups is 1. The maximum atomic E-state index is 12.9. The number of amides is 1. The Bertz CT molecular complexity index is 674. The standard InChI is InChI=1S/C39H76N2O6/c1-4-6-8-10-12-14-16-18-20-22-24-28-38(44)46-34-26-30-41(37(43)36-40(3)32-33-42)31-27-35-47-39(45)29-25-23-21-19-17-15-13-11-9-7-5-2/h42H,4-36H2,1-3H3. The van der Waals surface area contributed by atoms with Gasteiger partial charge in [-0.05, 0) is 32.7 Å². The predicted octanol–water partition coefficient (Wildman–Crippen LogP) is 9.01. The number of hydrogen-bond donors (Lipinski definition) is 1. The molecule has 8 nitrogen and oxygen atoms in total. The topological polar surface area (TPSA) is 96.4 Å². The summed E-state index contributed by atoms with van der Waals surface area (Å²) >= 11 is 0. The molecule has 0 saturated carbocycles. The van der Waals surface area contributed by atoms with E-state index < -0.39 is 0 Å². The Morgan fingerprint density at radius 1 is 0.489 bits per heavy atom. The Morgan fingerprint density at radius 3 is 1.17 bits per heavy atom. The van der Waals surface area contributed by atoms with Gasteiger partial charge in [0.05, 0.1) is 26.4 Å². The lowest BCUT2D eigenvalue weighted by Crippen LogP contribution is -2.41. The van der Waals surface area contributed by atoms with Gasteiger partial charge in [-0.15, -0.1) is 0 Å². The van der Waals surface area contributed by atoms with E-state index in [-0.39, 0.29) is 31.0 Å². The van der Waals surface area contributed by atoms with E-state index in [2.05, 4.69) is 13.8 Å². The van der Waals surface area contributed by atoms with Gasteiger partial charge in [-0.25, -0.2) is 0 Å². The zero-order valence-electron chi connectivity index (χ0n) is 31.2. The summed E-state index contributed by atoms with van der Waals surface area (Å²) in [5.41, 5.74) is 0. The first-order chi connectivity index (χ1) is 22.9. The number of likely N-dealkylation sites (N-methyl/N-ethyl adjacent to an activating group) is 1. The van der Waals surface area contributed by atoms with Gasteiger partial charge < -0.3 is 19.5 Å². The van der Waals surface area contributed by atoms with Crippen LogP contribution in [0.3, 0.4) is 0 Å². The molecule has 0 aliphatic heterocycles. The Kier molecular flexibility index (Phi) is 34.4. The van der Waals surface area contributed by atoms with Gasteiger partial charge in [-0.1, -0.05) is 142 Å². The number of nitrogens with zero attached hydrogens (tertiary/aromatic N) is 2. The second-order valence-corrected chi connectivity index (χ2v) is 13.6. The quantitative estimate of drug-likeness (QED) is 0.0526. The molecule has 278 valence electrons. The highest BCUT2D eigenvalue weighted by atomic mass is 16.5.